The van der Waals surface area contributed by atoms with Gasteiger partial charge in [-0.15, -0.1) is 0 Å². The molecule has 0 saturated carbocycles. The first-order valence-electron chi connectivity index (χ1n) is 6.00. The summed E-state index contributed by atoms with van der Waals surface area (Å²) in [7, 11) is 0. The third-order valence-electron chi connectivity index (χ3n) is 1.95. The summed E-state index contributed by atoms with van der Waals surface area (Å²) in [4.78, 5) is 0. The van der Waals surface area contributed by atoms with Crippen molar-refractivity contribution in [3.63, 3.8) is 0 Å². The maximum atomic E-state index is 5.64. The molecule has 0 bridgehead atoms. The maximum Gasteiger partial charge on any atom is 0.0598 e. The van der Waals surface area contributed by atoms with Crippen molar-refractivity contribution in [3.8, 4) is 0 Å². The van der Waals surface area contributed by atoms with E-state index >= 15 is 0 Å². The van der Waals surface area contributed by atoms with Crippen molar-refractivity contribution in [1.82, 2.24) is 0 Å². The van der Waals surface area contributed by atoms with Crippen LogP contribution in [0, 0.1) is 5.41 Å². The number of ether oxygens (including phenoxy) is 1. The standard InChI is InChI=1S/C14H28O/c1-13(2,3)11-9-7-8-10-12-15-14(4,5)6/h7,9H,8,10-12H2,1-6H3/b9-7+. The van der Waals surface area contributed by atoms with Crippen LogP contribution < -0.4 is 0 Å². The molecular formula is C14H28O. The van der Waals surface area contributed by atoms with E-state index in [2.05, 4.69) is 53.7 Å². The summed E-state index contributed by atoms with van der Waals surface area (Å²) in [5.74, 6) is 0. The number of allylic oxidation sites excluding steroid dienone is 2. The Balaban J connectivity index is 3.40. The number of rotatable bonds is 5. The van der Waals surface area contributed by atoms with Crippen LogP contribution in [0.4, 0.5) is 0 Å². The van der Waals surface area contributed by atoms with Crippen LogP contribution in [-0.4, -0.2) is 12.2 Å². The lowest BCUT2D eigenvalue weighted by atomic mass is 9.92. The van der Waals surface area contributed by atoms with E-state index in [1.165, 1.54) is 0 Å². The summed E-state index contributed by atoms with van der Waals surface area (Å²) in [6, 6.07) is 0. The van der Waals surface area contributed by atoms with Gasteiger partial charge in [-0.25, -0.2) is 0 Å². The molecule has 15 heavy (non-hydrogen) atoms. The zero-order valence-electron chi connectivity index (χ0n) is 11.4. The fraction of sp³-hybridized carbons (Fsp3) is 0.857. The highest BCUT2D eigenvalue weighted by atomic mass is 16.5. The van der Waals surface area contributed by atoms with E-state index in [1.54, 1.807) is 0 Å². The quantitative estimate of drug-likeness (QED) is 0.479. The molecule has 0 unspecified atom stereocenters. The molecule has 0 N–H and O–H groups in total. The van der Waals surface area contributed by atoms with Crippen molar-refractivity contribution in [2.75, 3.05) is 6.61 Å². The van der Waals surface area contributed by atoms with E-state index in [4.69, 9.17) is 4.74 Å². The molecule has 0 aromatic heterocycles. The normalized spacial score (nSPS) is 13.7. The molecule has 90 valence electrons. The second-order valence-electron chi connectivity index (χ2n) is 6.34. The fourth-order valence-electron chi connectivity index (χ4n) is 1.13. The van der Waals surface area contributed by atoms with Crippen molar-refractivity contribution in [3.05, 3.63) is 12.2 Å². The van der Waals surface area contributed by atoms with Crippen molar-refractivity contribution < 1.29 is 4.74 Å². The lowest BCUT2D eigenvalue weighted by Gasteiger charge is -2.19. The van der Waals surface area contributed by atoms with Gasteiger partial charge in [0.15, 0.2) is 0 Å². The summed E-state index contributed by atoms with van der Waals surface area (Å²) in [5.41, 5.74) is 0.424. The van der Waals surface area contributed by atoms with Gasteiger partial charge in [0.25, 0.3) is 0 Å². The molecule has 0 spiro atoms. The molecule has 0 aromatic rings. The summed E-state index contributed by atoms with van der Waals surface area (Å²) < 4.78 is 5.64. The van der Waals surface area contributed by atoms with E-state index in [0.29, 0.717) is 5.41 Å². The highest BCUT2D eigenvalue weighted by Gasteiger charge is 2.08. The van der Waals surface area contributed by atoms with Gasteiger partial charge in [-0.2, -0.15) is 0 Å². The Morgan fingerprint density at radius 2 is 1.53 bits per heavy atom. The third-order valence-corrected chi connectivity index (χ3v) is 1.95. The Hall–Kier alpha value is -0.300. The second-order valence-corrected chi connectivity index (χ2v) is 6.34. The first-order valence-corrected chi connectivity index (χ1v) is 6.00. The SMILES string of the molecule is CC(C)(C)C/C=C/CCCOC(C)(C)C. The van der Waals surface area contributed by atoms with Gasteiger partial charge < -0.3 is 4.74 Å². The van der Waals surface area contributed by atoms with Crippen LogP contribution in [0.5, 0.6) is 0 Å². The van der Waals surface area contributed by atoms with Crippen molar-refractivity contribution >= 4 is 0 Å². The van der Waals surface area contributed by atoms with Gasteiger partial charge in [0.1, 0.15) is 0 Å². The molecule has 1 heteroatoms. The summed E-state index contributed by atoms with van der Waals surface area (Å²) >= 11 is 0. The smallest absolute Gasteiger partial charge is 0.0598 e. The molecule has 0 aliphatic heterocycles. The third kappa shape index (κ3) is 13.7. The molecule has 0 amide bonds. The van der Waals surface area contributed by atoms with E-state index < -0.39 is 0 Å². The monoisotopic (exact) mass is 212 g/mol. The van der Waals surface area contributed by atoms with Crippen LogP contribution in [0.1, 0.15) is 60.8 Å². The van der Waals surface area contributed by atoms with Crippen molar-refractivity contribution in [2.45, 2.75) is 66.4 Å². The molecule has 0 aliphatic carbocycles. The molecule has 0 atom stereocenters. The fourth-order valence-corrected chi connectivity index (χ4v) is 1.13. The molecular weight excluding hydrogens is 184 g/mol. The minimum absolute atomic E-state index is 0.00905. The average Bonchev–Trinajstić information content (AvgIpc) is 1.98. The molecule has 0 fully saturated rings. The van der Waals surface area contributed by atoms with Gasteiger partial charge in [0.2, 0.25) is 0 Å². The molecule has 0 rings (SSSR count). The highest BCUT2D eigenvalue weighted by Crippen LogP contribution is 2.18. The first-order chi connectivity index (χ1) is 6.71. The van der Waals surface area contributed by atoms with Gasteiger partial charge in [-0.05, 0) is 45.4 Å². The molecule has 0 saturated heterocycles. The van der Waals surface area contributed by atoms with Crippen molar-refractivity contribution in [1.29, 1.82) is 0 Å². The van der Waals surface area contributed by atoms with Gasteiger partial charge in [-0.3, -0.25) is 0 Å². The summed E-state index contributed by atoms with van der Waals surface area (Å²) in [6.07, 6.45) is 7.98. The van der Waals surface area contributed by atoms with Gasteiger partial charge in [-0.1, -0.05) is 32.9 Å². The minimum Gasteiger partial charge on any atom is -0.376 e. The van der Waals surface area contributed by atoms with Gasteiger partial charge in [0, 0.05) is 6.61 Å². The molecule has 0 aromatic carbocycles. The van der Waals surface area contributed by atoms with Crippen LogP contribution in [-0.2, 0) is 4.74 Å². The number of hydrogen-bond donors (Lipinski definition) is 0. The van der Waals surface area contributed by atoms with Crippen molar-refractivity contribution in [2.24, 2.45) is 5.41 Å². The van der Waals surface area contributed by atoms with E-state index in [0.717, 1.165) is 25.9 Å². The summed E-state index contributed by atoms with van der Waals surface area (Å²) in [6.45, 7) is 14.0. The Labute approximate surface area is 95.9 Å². The Bertz CT molecular complexity index is 178. The molecule has 0 heterocycles. The topological polar surface area (TPSA) is 9.23 Å². The molecule has 1 nitrogen and oxygen atoms in total. The van der Waals surface area contributed by atoms with Crippen LogP contribution in [0.2, 0.25) is 0 Å². The zero-order chi connectivity index (χ0) is 11.9. The predicted octanol–water partition coefficient (Wildman–Crippen LogP) is 4.57. The van der Waals surface area contributed by atoms with Crippen LogP contribution in [0.3, 0.4) is 0 Å². The van der Waals surface area contributed by atoms with E-state index in [1.807, 2.05) is 0 Å². The Morgan fingerprint density at radius 3 is 2.00 bits per heavy atom. The largest absolute Gasteiger partial charge is 0.376 e. The molecule has 0 radical (unpaired) electrons. The maximum absolute atomic E-state index is 5.64. The highest BCUT2D eigenvalue weighted by molar-refractivity contribution is 4.85. The van der Waals surface area contributed by atoms with Crippen LogP contribution >= 0.6 is 0 Å². The molecule has 0 aliphatic rings. The van der Waals surface area contributed by atoms with Gasteiger partial charge in [0.05, 0.1) is 5.60 Å². The Kier molecular flexibility index (Phi) is 6.19. The number of hydrogen-bond acceptors (Lipinski definition) is 1. The first kappa shape index (κ1) is 14.7. The van der Waals surface area contributed by atoms with E-state index in [-0.39, 0.29) is 5.60 Å². The number of unbranched alkanes of at least 4 members (excludes halogenated alkanes) is 1. The Morgan fingerprint density at radius 1 is 0.933 bits per heavy atom. The predicted molar refractivity (Wildman–Crippen MR) is 68.2 cm³/mol. The summed E-state index contributed by atoms with van der Waals surface area (Å²) in [5, 5.41) is 0. The van der Waals surface area contributed by atoms with Crippen LogP contribution in [0.15, 0.2) is 12.2 Å². The minimum atomic E-state index is 0.00905. The van der Waals surface area contributed by atoms with E-state index in [9.17, 15) is 0 Å². The second kappa shape index (κ2) is 6.32. The lowest BCUT2D eigenvalue weighted by molar-refractivity contribution is -0.00363. The van der Waals surface area contributed by atoms with Gasteiger partial charge >= 0.3 is 0 Å². The average molecular weight is 212 g/mol. The zero-order valence-corrected chi connectivity index (χ0v) is 11.4. The van der Waals surface area contributed by atoms with Crippen LogP contribution in [0.25, 0.3) is 0 Å². The lowest BCUT2D eigenvalue weighted by Crippen LogP contribution is -2.19.